The highest BCUT2D eigenvalue weighted by atomic mass is 79.9. The number of nitrogens with zero attached hydrogens (tertiary/aromatic N) is 1. The molecule has 0 spiro atoms. The Labute approximate surface area is 91.0 Å². The molecule has 0 saturated heterocycles. The molecule has 1 saturated carbocycles. The normalized spacial score (nSPS) is 22.2. The second-order valence-corrected chi connectivity index (χ2v) is 5.09. The maximum Gasteiger partial charge on any atom is 0.0185 e. The topological polar surface area (TPSA) is 3.24 Å². The first-order valence-corrected chi connectivity index (χ1v) is 6.62. The Bertz CT molecular complexity index is 132. The standard InChI is InChI=1S/C11H22BrN/c1-10(8-12)13(2)9-11-6-4-3-5-7-11/h10-11H,3-9H2,1-2H3. The first-order valence-electron chi connectivity index (χ1n) is 5.50. The van der Waals surface area contributed by atoms with Crippen LogP contribution in [0.25, 0.3) is 0 Å². The summed E-state index contributed by atoms with van der Waals surface area (Å²) in [5, 5.41) is 1.09. The molecule has 0 radical (unpaired) electrons. The molecule has 0 aliphatic heterocycles. The summed E-state index contributed by atoms with van der Waals surface area (Å²) < 4.78 is 0. The van der Waals surface area contributed by atoms with Crippen LogP contribution < -0.4 is 0 Å². The van der Waals surface area contributed by atoms with Crippen molar-refractivity contribution in [2.45, 2.75) is 45.1 Å². The van der Waals surface area contributed by atoms with Crippen LogP contribution in [0, 0.1) is 5.92 Å². The Morgan fingerprint density at radius 3 is 2.46 bits per heavy atom. The summed E-state index contributed by atoms with van der Waals surface area (Å²) in [6, 6.07) is 0.682. The van der Waals surface area contributed by atoms with Gasteiger partial charge in [0.1, 0.15) is 0 Å². The minimum Gasteiger partial charge on any atom is -0.303 e. The minimum absolute atomic E-state index is 0.682. The maximum atomic E-state index is 3.54. The van der Waals surface area contributed by atoms with Crippen molar-refractivity contribution in [2.24, 2.45) is 5.92 Å². The highest BCUT2D eigenvalue weighted by Crippen LogP contribution is 2.24. The molecule has 1 rings (SSSR count). The number of alkyl halides is 1. The van der Waals surface area contributed by atoms with Crippen LogP contribution >= 0.6 is 15.9 Å². The lowest BCUT2D eigenvalue weighted by molar-refractivity contribution is 0.203. The van der Waals surface area contributed by atoms with E-state index < -0.39 is 0 Å². The average molecular weight is 248 g/mol. The Balaban J connectivity index is 2.21. The zero-order chi connectivity index (χ0) is 9.68. The largest absolute Gasteiger partial charge is 0.303 e. The molecule has 0 aromatic heterocycles. The van der Waals surface area contributed by atoms with Gasteiger partial charge in [-0.3, -0.25) is 0 Å². The highest BCUT2D eigenvalue weighted by Gasteiger charge is 2.17. The molecule has 1 aliphatic rings. The second kappa shape index (κ2) is 6.02. The molecular formula is C11H22BrN. The van der Waals surface area contributed by atoms with Crippen LogP contribution in [0.4, 0.5) is 0 Å². The Morgan fingerprint density at radius 2 is 1.92 bits per heavy atom. The van der Waals surface area contributed by atoms with E-state index in [9.17, 15) is 0 Å². The smallest absolute Gasteiger partial charge is 0.0185 e. The quantitative estimate of drug-likeness (QED) is 0.690. The summed E-state index contributed by atoms with van der Waals surface area (Å²) in [4.78, 5) is 2.49. The lowest BCUT2D eigenvalue weighted by atomic mass is 9.89. The van der Waals surface area contributed by atoms with Gasteiger partial charge >= 0.3 is 0 Å². The molecule has 0 aromatic carbocycles. The molecular weight excluding hydrogens is 226 g/mol. The van der Waals surface area contributed by atoms with E-state index in [2.05, 4.69) is 34.8 Å². The summed E-state index contributed by atoms with van der Waals surface area (Å²) in [6.07, 6.45) is 7.30. The zero-order valence-electron chi connectivity index (χ0n) is 8.93. The van der Waals surface area contributed by atoms with Crippen LogP contribution in [0.5, 0.6) is 0 Å². The Hall–Kier alpha value is 0.440. The van der Waals surface area contributed by atoms with E-state index in [1.807, 2.05) is 0 Å². The van der Waals surface area contributed by atoms with Gasteiger partial charge in [0.05, 0.1) is 0 Å². The van der Waals surface area contributed by atoms with Crippen LogP contribution in [-0.2, 0) is 0 Å². The van der Waals surface area contributed by atoms with Crippen molar-refractivity contribution < 1.29 is 0 Å². The van der Waals surface area contributed by atoms with Crippen molar-refractivity contribution in [2.75, 3.05) is 18.9 Å². The fourth-order valence-electron chi connectivity index (χ4n) is 2.07. The van der Waals surface area contributed by atoms with Gasteiger partial charge < -0.3 is 4.90 Å². The molecule has 0 bridgehead atoms. The number of hydrogen-bond donors (Lipinski definition) is 0. The van der Waals surface area contributed by atoms with Gasteiger partial charge in [-0.25, -0.2) is 0 Å². The molecule has 1 aliphatic carbocycles. The third kappa shape index (κ3) is 3.99. The van der Waals surface area contributed by atoms with Gasteiger partial charge in [-0.05, 0) is 32.7 Å². The van der Waals surface area contributed by atoms with Gasteiger partial charge in [-0.2, -0.15) is 0 Å². The summed E-state index contributed by atoms with van der Waals surface area (Å²) in [6.45, 7) is 3.59. The molecule has 0 amide bonds. The van der Waals surface area contributed by atoms with Crippen molar-refractivity contribution in [3.63, 3.8) is 0 Å². The van der Waals surface area contributed by atoms with Gasteiger partial charge in [0.2, 0.25) is 0 Å². The second-order valence-electron chi connectivity index (χ2n) is 4.45. The minimum atomic E-state index is 0.682. The summed E-state index contributed by atoms with van der Waals surface area (Å²) in [5.74, 6) is 0.972. The summed E-state index contributed by atoms with van der Waals surface area (Å²) >= 11 is 3.54. The van der Waals surface area contributed by atoms with Gasteiger partial charge in [0, 0.05) is 17.9 Å². The molecule has 1 unspecified atom stereocenters. The van der Waals surface area contributed by atoms with E-state index in [4.69, 9.17) is 0 Å². The molecule has 0 aromatic rings. The molecule has 0 heterocycles. The van der Waals surface area contributed by atoms with E-state index >= 15 is 0 Å². The SMILES string of the molecule is CC(CBr)N(C)CC1CCCCC1. The number of hydrogen-bond acceptors (Lipinski definition) is 1. The Morgan fingerprint density at radius 1 is 1.31 bits per heavy atom. The first kappa shape index (κ1) is 11.5. The zero-order valence-corrected chi connectivity index (χ0v) is 10.5. The predicted octanol–water partition coefficient (Wildman–Crippen LogP) is 3.28. The molecule has 13 heavy (non-hydrogen) atoms. The fourth-order valence-corrected chi connectivity index (χ4v) is 2.57. The van der Waals surface area contributed by atoms with Crippen molar-refractivity contribution in [1.82, 2.24) is 4.90 Å². The van der Waals surface area contributed by atoms with Crippen molar-refractivity contribution in [3.05, 3.63) is 0 Å². The number of halogens is 1. The van der Waals surface area contributed by atoms with Crippen LogP contribution in [0.3, 0.4) is 0 Å². The van der Waals surface area contributed by atoms with Crippen LogP contribution in [-0.4, -0.2) is 29.9 Å². The van der Waals surface area contributed by atoms with Gasteiger partial charge in [0.25, 0.3) is 0 Å². The highest BCUT2D eigenvalue weighted by molar-refractivity contribution is 9.09. The van der Waals surface area contributed by atoms with Gasteiger partial charge in [-0.15, -0.1) is 0 Å². The molecule has 1 atom stereocenters. The van der Waals surface area contributed by atoms with Crippen molar-refractivity contribution in [1.29, 1.82) is 0 Å². The van der Waals surface area contributed by atoms with Gasteiger partial charge in [-0.1, -0.05) is 35.2 Å². The van der Waals surface area contributed by atoms with E-state index in [-0.39, 0.29) is 0 Å². The summed E-state index contributed by atoms with van der Waals surface area (Å²) in [5.41, 5.74) is 0. The van der Waals surface area contributed by atoms with Crippen molar-refractivity contribution in [3.8, 4) is 0 Å². The van der Waals surface area contributed by atoms with Crippen molar-refractivity contribution >= 4 is 15.9 Å². The lowest BCUT2D eigenvalue weighted by Gasteiger charge is -2.30. The lowest BCUT2D eigenvalue weighted by Crippen LogP contribution is -2.35. The van der Waals surface area contributed by atoms with Crippen LogP contribution in [0.2, 0.25) is 0 Å². The molecule has 1 fully saturated rings. The van der Waals surface area contributed by atoms with E-state index in [0.717, 1.165) is 11.2 Å². The third-order valence-electron chi connectivity index (χ3n) is 3.25. The van der Waals surface area contributed by atoms with Crippen LogP contribution in [0.1, 0.15) is 39.0 Å². The fraction of sp³-hybridized carbons (Fsp3) is 1.00. The average Bonchev–Trinajstić information content (AvgIpc) is 2.18. The monoisotopic (exact) mass is 247 g/mol. The van der Waals surface area contributed by atoms with Crippen LogP contribution in [0.15, 0.2) is 0 Å². The number of rotatable bonds is 4. The van der Waals surface area contributed by atoms with E-state index in [1.165, 1.54) is 38.6 Å². The molecule has 78 valence electrons. The van der Waals surface area contributed by atoms with E-state index in [1.54, 1.807) is 0 Å². The maximum absolute atomic E-state index is 3.54. The van der Waals surface area contributed by atoms with Gasteiger partial charge in [0.15, 0.2) is 0 Å². The molecule has 0 N–H and O–H groups in total. The molecule has 1 nitrogen and oxygen atoms in total. The summed E-state index contributed by atoms with van der Waals surface area (Å²) in [7, 11) is 2.25. The Kier molecular flexibility index (Phi) is 5.34. The predicted molar refractivity (Wildman–Crippen MR) is 62.5 cm³/mol. The third-order valence-corrected chi connectivity index (χ3v) is 4.18. The molecule has 2 heteroatoms. The first-order chi connectivity index (χ1) is 6.24. The van der Waals surface area contributed by atoms with E-state index in [0.29, 0.717) is 6.04 Å².